The molecule has 0 aliphatic rings. The maximum absolute atomic E-state index is 12.1. The largest absolute Gasteiger partial charge is 0.490 e. The minimum Gasteiger partial charge on any atom is -0.490 e. The number of nitrogens with one attached hydrogen (secondary N) is 2. The zero-order chi connectivity index (χ0) is 19.6. The van der Waals surface area contributed by atoms with E-state index < -0.39 is 0 Å². The molecule has 2 amide bonds. The van der Waals surface area contributed by atoms with Crippen LogP contribution in [-0.4, -0.2) is 45.3 Å². The van der Waals surface area contributed by atoms with Gasteiger partial charge in [0.2, 0.25) is 0 Å². The number of amides is 2. The molecular weight excluding hydrogens is 366 g/mol. The number of carbonyl (C=O) groups excluding carboxylic acids is 1. The average Bonchev–Trinajstić information content (AvgIpc) is 2.62. The molecule has 0 bridgehead atoms. The standard InChI is InChI=1S/C20H26ClN3O3/c1-24(2)14-16-6-4-5-15(11-16)13-22-20(25)23-17-7-8-19(18(21)12-17)27-10-9-26-3/h4-8,11-12H,9-10,13-14H2,1-3H3,(H2,22,23,25). The molecule has 0 aromatic heterocycles. The Balaban J connectivity index is 1.86. The summed E-state index contributed by atoms with van der Waals surface area (Å²) in [5.41, 5.74) is 2.85. The first-order chi connectivity index (χ1) is 13.0. The summed E-state index contributed by atoms with van der Waals surface area (Å²) < 4.78 is 10.4. The Morgan fingerprint density at radius 1 is 1.11 bits per heavy atom. The van der Waals surface area contributed by atoms with Crippen molar-refractivity contribution in [2.75, 3.05) is 39.7 Å². The van der Waals surface area contributed by atoms with Gasteiger partial charge in [-0.25, -0.2) is 4.79 Å². The molecule has 0 fully saturated rings. The first-order valence-corrected chi connectivity index (χ1v) is 9.04. The Kier molecular flexibility index (Phi) is 8.39. The number of benzene rings is 2. The maximum Gasteiger partial charge on any atom is 0.319 e. The molecule has 0 atom stereocenters. The molecule has 27 heavy (non-hydrogen) atoms. The molecule has 0 radical (unpaired) electrons. The van der Waals surface area contributed by atoms with Gasteiger partial charge in [-0.1, -0.05) is 35.9 Å². The first-order valence-electron chi connectivity index (χ1n) is 8.66. The molecule has 0 aliphatic heterocycles. The summed E-state index contributed by atoms with van der Waals surface area (Å²) in [7, 11) is 5.66. The van der Waals surface area contributed by atoms with Gasteiger partial charge in [0.05, 0.1) is 11.6 Å². The highest BCUT2D eigenvalue weighted by Crippen LogP contribution is 2.27. The molecule has 0 saturated carbocycles. The number of anilines is 1. The van der Waals surface area contributed by atoms with E-state index in [1.54, 1.807) is 25.3 Å². The van der Waals surface area contributed by atoms with Crippen LogP contribution in [-0.2, 0) is 17.8 Å². The zero-order valence-corrected chi connectivity index (χ0v) is 16.7. The molecule has 7 heteroatoms. The molecule has 146 valence electrons. The third-order valence-corrected chi connectivity index (χ3v) is 3.97. The van der Waals surface area contributed by atoms with Gasteiger partial charge in [0.1, 0.15) is 12.4 Å². The van der Waals surface area contributed by atoms with E-state index in [0.717, 1.165) is 12.1 Å². The van der Waals surface area contributed by atoms with Crippen molar-refractivity contribution in [1.29, 1.82) is 0 Å². The SMILES string of the molecule is COCCOc1ccc(NC(=O)NCc2cccc(CN(C)C)c2)cc1Cl. The summed E-state index contributed by atoms with van der Waals surface area (Å²) >= 11 is 6.18. The van der Waals surface area contributed by atoms with E-state index in [1.807, 2.05) is 26.2 Å². The number of rotatable bonds is 9. The van der Waals surface area contributed by atoms with Crippen LogP contribution in [0.3, 0.4) is 0 Å². The van der Waals surface area contributed by atoms with E-state index in [1.165, 1.54) is 5.56 Å². The van der Waals surface area contributed by atoms with Crippen molar-refractivity contribution < 1.29 is 14.3 Å². The van der Waals surface area contributed by atoms with Gasteiger partial charge < -0.3 is 25.0 Å². The third kappa shape index (κ3) is 7.46. The van der Waals surface area contributed by atoms with Crippen LogP contribution in [0.2, 0.25) is 5.02 Å². The average molecular weight is 392 g/mol. The first kappa shape index (κ1) is 21.0. The molecule has 0 spiro atoms. The number of hydrogen-bond donors (Lipinski definition) is 2. The second-order valence-corrected chi connectivity index (χ2v) is 6.76. The number of hydrogen-bond acceptors (Lipinski definition) is 4. The van der Waals surface area contributed by atoms with Crippen molar-refractivity contribution in [2.24, 2.45) is 0 Å². The number of ether oxygens (including phenoxy) is 2. The summed E-state index contributed by atoms with van der Waals surface area (Å²) in [6.45, 7) is 2.20. The predicted molar refractivity (Wildman–Crippen MR) is 109 cm³/mol. The number of urea groups is 1. The molecule has 2 aromatic carbocycles. The van der Waals surface area contributed by atoms with E-state index in [-0.39, 0.29) is 6.03 Å². The molecule has 0 heterocycles. The van der Waals surface area contributed by atoms with Crippen molar-refractivity contribution in [3.05, 3.63) is 58.6 Å². The van der Waals surface area contributed by atoms with Crippen LogP contribution >= 0.6 is 11.6 Å². The number of nitrogens with zero attached hydrogens (tertiary/aromatic N) is 1. The lowest BCUT2D eigenvalue weighted by Gasteiger charge is -2.12. The Labute approximate surface area is 165 Å². The van der Waals surface area contributed by atoms with Gasteiger partial charge in [0.25, 0.3) is 0 Å². The van der Waals surface area contributed by atoms with Crippen molar-refractivity contribution in [2.45, 2.75) is 13.1 Å². The van der Waals surface area contributed by atoms with Crippen LogP contribution in [0.15, 0.2) is 42.5 Å². The number of carbonyl (C=O) groups is 1. The Hall–Kier alpha value is -2.28. The van der Waals surface area contributed by atoms with Crippen LogP contribution < -0.4 is 15.4 Å². The van der Waals surface area contributed by atoms with Crippen molar-refractivity contribution in [3.63, 3.8) is 0 Å². The van der Waals surface area contributed by atoms with E-state index in [9.17, 15) is 4.79 Å². The van der Waals surface area contributed by atoms with E-state index >= 15 is 0 Å². The Morgan fingerprint density at radius 3 is 2.59 bits per heavy atom. The highest BCUT2D eigenvalue weighted by Gasteiger charge is 2.07. The second kappa shape index (κ2) is 10.8. The molecule has 6 nitrogen and oxygen atoms in total. The fourth-order valence-corrected chi connectivity index (χ4v) is 2.73. The van der Waals surface area contributed by atoms with E-state index in [0.29, 0.717) is 36.2 Å². The maximum atomic E-state index is 12.1. The van der Waals surface area contributed by atoms with Gasteiger partial charge >= 0.3 is 6.03 Å². The van der Waals surface area contributed by atoms with Gasteiger partial charge in [-0.2, -0.15) is 0 Å². The topological polar surface area (TPSA) is 62.8 Å². The summed E-state index contributed by atoms with van der Waals surface area (Å²) in [6, 6.07) is 13.0. The minimum atomic E-state index is -0.294. The van der Waals surface area contributed by atoms with E-state index in [2.05, 4.69) is 27.7 Å². The molecule has 0 saturated heterocycles. The molecular formula is C20H26ClN3O3. The van der Waals surface area contributed by atoms with Crippen LogP contribution in [0, 0.1) is 0 Å². The second-order valence-electron chi connectivity index (χ2n) is 6.35. The van der Waals surface area contributed by atoms with Crippen LogP contribution in [0.5, 0.6) is 5.75 Å². The predicted octanol–water partition coefficient (Wildman–Crippen LogP) is 3.75. The van der Waals surface area contributed by atoms with Gasteiger partial charge in [-0.3, -0.25) is 0 Å². The fourth-order valence-electron chi connectivity index (χ4n) is 2.49. The number of methoxy groups -OCH3 is 1. The molecule has 2 N–H and O–H groups in total. The summed E-state index contributed by atoms with van der Waals surface area (Å²) in [5.74, 6) is 0.553. The van der Waals surface area contributed by atoms with Gasteiger partial charge in [-0.15, -0.1) is 0 Å². The molecule has 2 rings (SSSR count). The molecule has 2 aromatic rings. The zero-order valence-electron chi connectivity index (χ0n) is 15.9. The smallest absolute Gasteiger partial charge is 0.319 e. The van der Waals surface area contributed by atoms with Crippen molar-refractivity contribution in [3.8, 4) is 5.75 Å². The Bertz CT molecular complexity index is 753. The molecule has 0 aliphatic carbocycles. The lowest BCUT2D eigenvalue weighted by molar-refractivity contribution is 0.146. The van der Waals surface area contributed by atoms with Gasteiger partial charge in [0.15, 0.2) is 0 Å². The molecule has 0 unspecified atom stereocenters. The van der Waals surface area contributed by atoms with E-state index in [4.69, 9.17) is 21.1 Å². The Morgan fingerprint density at radius 2 is 1.89 bits per heavy atom. The lowest BCUT2D eigenvalue weighted by atomic mass is 10.1. The highest BCUT2D eigenvalue weighted by molar-refractivity contribution is 6.32. The van der Waals surface area contributed by atoms with Crippen LogP contribution in [0.1, 0.15) is 11.1 Å². The van der Waals surface area contributed by atoms with Crippen LogP contribution in [0.4, 0.5) is 10.5 Å². The fraction of sp³-hybridized carbons (Fsp3) is 0.350. The normalized spacial score (nSPS) is 10.7. The summed E-state index contributed by atoms with van der Waals surface area (Å²) in [5, 5.41) is 6.05. The van der Waals surface area contributed by atoms with Crippen LogP contribution in [0.25, 0.3) is 0 Å². The van der Waals surface area contributed by atoms with Gasteiger partial charge in [-0.05, 0) is 43.4 Å². The lowest BCUT2D eigenvalue weighted by Crippen LogP contribution is -2.28. The van der Waals surface area contributed by atoms with Gasteiger partial charge in [0, 0.05) is 25.9 Å². The summed E-state index contributed by atoms with van der Waals surface area (Å²) in [6.07, 6.45) is 0. The van der Waals surface area contributed by atoms with Crippen molar-refractivity contribution in [1.82, 2.24) is 10.2 Å². The van der Waals surface area contributed by atoms with Crippen molar-refractivity contribution >= 4 is 23.3 Å². The minimum absolute atomic E-state index is 0.294. The highest BCUT2D eigenvalue weighted by atomic mass is 35.5. The number of halogens is 1. The summed E-state index contributed by atoms with van der Waals surface area (Å²) in [4.78, 5) is 14.2. The quantitative estimate of drug-likeness (QED) is 0.639. The monoisotopic (exact) mass is 391 g/mol. The third-order valence-electron chi connectivity index (χ3n) is 3.68.